The summed E-state index contributed by atoms with van der Waals surface area (Å²) in [7, 11) is 0. The molecule has 0 aliphatic heterocycles. The van der Waals surface area contributed by atoms with Gasteiger partial charge in [-0.25, -0.2) is 0 Å². The fraction of sp³-hybridized carbons (Fsp3) is 0.926. The van der Waals surface area contributed by atoms with Crippen molar-refractivity contribution in [2.75, 3.05) is 0 Å². The lowest BCUT2D eigenvalue weighted by Gasteiger charge is -2.64. The molecule has 0 bridgehead atoms. The second-order valence-corrected chi connectivity index (χ2v) is 22.4. The molecule has 0 aromatic heterocycles. The van der Waals surface area contributed by atoms with Gasteiger partial charge in [0.1, 0.15) is 0 Å². The summed E-state index contributed by atoms with van der Waals surface area (Å²) in [5.74, 6) is 7.41. The first-order chi connectivity index (χ1) is 27.8. The summed E-state index contributed by atoms with van der Waals surface area (Å²) in [6.07, 6.45) is 65.0. The highest BCUT2D eigenvalue weighted by Gasteiger charge is 2.57. The molecule has 2 heteroatoms. The topological polar surface area (TPSA) is 6.48 Å². The van der Waals surface area contributed by atoms with Gasteiger partial charge in [-0.2, -0.15) is 0 Å². The van der Waals surface area contributed by atoms with E-state index in [0.29, 0.717) is 0 Å². The van der Waals surface area contributed by atoms with Crippen molar-refractivity contribution in [1.29, 1.82) is 0 Å². The molecule has 4 atom stereocenters. The zero-order valence-electron chi connectivity index (χ0n) is 36.7. The van der Waals surface area contributed by atoms with Gasteiger partial charge in [-0.3, -0.25) is 9.80 Å². The van der Waals surface area contributed by atoms with Crippen molar-refractivity contribution in [2.45, 2.75) is 267 Å². The van der Waals surface area contributed by atoms with Crippen LogP contribution in [0.2, 0.25) is 0 Å². The van der Waals surface area contributed by atoms with Crippen LogP contribution in [0.1, 0.15) is 231 Å². The lowest BCUT2D eigenvalue weighted by atomic mass is 9.53. The molecule has 56 heavy (non-hydrogen) atoms. The number of hydrogen-bond acceptors (Lipinski definition) is 2. The first-order valence-corrected chi connectivity index (χ1v) is 26.7. The maximum absolute atomic E-state index is 3.47. The Hall–Kier alpha value is -0.600. The Bertz CT molecular complexity index is 1080. The van der Waals surface area contributed by atoms with E-state index in [0.717, 1.165) is 83.6 Å². The van der Waals surface area contributed by atoms with E-state index in [1.54, 1.807) is 25.7 Å². The molecule has 9 aliphatic carbocycles. The number of fused-ring (bicyclic) bond motifs is 2. The zero-order chi connectivity index (χ0) is 37.5. The quantitative estimate of drug-likeness (QED) is 0.204. The number of hydrogen-bond donors (Lipinski definition) is 0. The van der Waals surface area contributed by atoms with E-state index >= 15 is 0 Å². The number of rotatable bonds is 10. The minimum Gasteiger partial charge on any atom is -0.294 e. The zero-order valence-corrected chi connectivity index (χ0v) is 36.7. The molecule has 4 unspecified atom stereocenters. The standard InChI is InChI=1S/C54H90N2/c1-5-17-41(18-6-1)29-31-43-33-37-47(38-34-43)55(45-21-9-3-10-22-45)53-49-25-13-15-27-51(49)54(52-28-16-14-26-50(52)53)56(46-23-11-4-12-24-46)48-39-35-44(36-40-48)32-30-42-19-7-2-8-20-42/h29-32,41-54H,1-28,33-40H2. The predicted molar refractivity (Wildman–Crippen MR) is 239 cm³/mol. The maximum atomic E-state index is 3.47. The number of nitrogens with zero attached hydrogens (tertiary/aromatic N) is 2. The Balaban J connectivity index is 0.966. The summed E-state index contributed by atoms with van der Waals surface area (Å²) in [4.78, 5) is 6.94. The Labute approximate surface area is 347 Å². The van der Waals surface area contributed by atoms with Gasteiger partial charge in [-0.15, -0.1) is 0 Å². The van der Waals surface area contributed by atoms with Crippen LogP contribution in [0.4, 0.5) is 0 Å². The average Bonchev–Trinajstić information content (AvgIpc) is 3.28. The van der Waals surface area contributed by atoms with Gasteiger partial charge in [0.05, 0.1) is 0 Å². The highest BCUT2D eigenvalue weighted by molar-refractivity contribution is 5.11. The van der Waals surface area contributed by atoms with E-state index < -0.39 is 0 Å². The van der Waals surface area contributed by atoms with Gasteiger partial charge < -0.3 is 0 Å². The fourth-order valence-electron chi connectivity index (χ4n) is 16.4. The summed E-state index contributed by atoms with van der Waals surface area (Å²) in [6, 6.07) is 5.32. The third-order valence-corrected chi connectivity index (χ3v) is 19.1. The molecule has 9 aliphatic rings. The second kappa shape index (κ2) is 20.3. The smallest absolute Gasteiger partial charge is 0.0164 e. The van der Waals surface area contributed by atoms with Crippen molar-refractivity contribution >= 4 is 0 Å². The highest BCUT2D eigenvalue weighted by atomic mass is 15.3. The first kappa shape index (κ1) is 40.8. The molecule has 0 heterocycles. The van der Waals surface area contributed by atoms with Crippen molar-refractivity contribution < 1.29 is 0 Å². The molecular weight excluding hydrogens is 677 g/mol. The monoisotopic (exact) mass is 767 g/mol. The molecule has 9 rings (SSSR count). The van der Waals surface area contributed by atoms with E-state index in [2.05, 4.69) is 34.1 Å². The third-order valence-electron chi connectivity index (χ3n) is 19.1. The molecule has 0 amide bonds. The summed E-state index contributed by atoms with van der Waals surface area (Å²) < 4.78 is 0. The summed E-state index contributed by atoms with van der Waals surface area (Å²) in [5, 5.41) is 0. The second-order valence-electron chi connectivity index (χ2n) is 22.4. The van der Waals surface area contributed by atoms with Gasteiger partial charge in [0.15, 0.2) is 0 Å². The van der Waals surface area contributed by atoms with Crippen LogP contribution in [-0.4, -0.2) is 46.1 Å². The fourth-order valence-corrected chi connectivity index (χ4v) is 16.4. The lowest BCUT2D eigenvalue weighted by molar-refractivity contribution is -0.147. The SMILES string of the molecule is C(=CC1CCC(N(C2CCCCC2)C2C3CCCCC3C(N(C3CCCCC3)C3CCC(C=CC4CCCCC4)CC3)C3CCCCC32)CC1)C1CCCCC1. The molecule has 0 N–H and O–H groups in total. The van der Waals surface area contributed by atoms with Crippen LogP contribution in [0.5, 0.6) is 0 Å². The molecule has 9 saturated carbocycles. The third kappa shape index (κ3) is 9.63. The van der Waals surface area contributed by atoms with Crippen LogP contribution < -0.4 is 0 Å². The molecular formula is C54H90N2. The van der Waals surface area contributed by atoms with Crippen LogP contribution in [-0.2, 0) is 0 Å². The summed E-state index contributed by atoms with van der Waals surface area (Å²) in [5.41, 5.74) is 0. The molecule has 2 nitrogen and oxygen atoms in total. The molecule has 0 aromatic rings. The molecule has 0 radical (unpaired) electrons. The molecule has 0 aromatic carbocycles. The van der Waals surface area contributed by atoms with Gasteiger partial charge in [0.2, 0.25) is 0 Å². The van der Waals surface area contributed by atoms with E-state index in [9.17, 15) is 0 Å². The van der Waals surface area contributed by atoms with Crippen LogP contribution in [0.15, 0.2) is 24.3 Å². The van der Waals surface area contributed by atoms with Gasteiger partial charge in [-0.1, -0.05) is 127 Å². The number of allylic oxidation sites excluding steroid dienone is 4. The summed E-state index contributed by atoms with van der Waals surface area (Å²) >= 11 is 0. The van der Waals surface area contributed by atoms with Crippen molar-refractivity contribution in [3.63, 3.8) is 0 Å². The molecule has 0 spiro atoms. The Morgan fingerprint density at radius 3 is 0.750 bits per heavy atom. The highest BCUT2D eigenvalue weighted by Crippen LogP contribution is 2.57. The van der Waals surface area contributed by atoms with Crippen molar-refractivity contribution in [3.05, 3.63) is 24.3 Å². The van der Waals surface area contributed by atoms with Crippen molar-refractivity contribution in [1.82, 2.24) is 9.80 Å². The average molecular weight is 767 g/mol. The van der Waals surface area contributed by atoms with Gasteiger partial charge in [0, 0.05) is 36.3 Å². The molecule has 9 fully saturated rings. The Morgan fingerprint density at radius 1 is 0.214 bits per heavy atom. The van der Waals surface area contributed by atoms with Gasteiger partial charge >= 0.3 is 0 Å². The summed E-state index contributed by atoms with van der Waals surface area (Å²) in [6.45, 7) is 0. The van der Waals surface area contributed by atoms with Crippen LogP contribution >= 0.6 is 0 Å². The van der Waals surface area contributed by atoms with Gasteiger partial charge in [-0.05, 0) is 176 Å². The van der Waals surface area contributed by atoms with E-state index in [1.807, 2.05) is 0 Å². The van der Waals surface area contributed by atoms with Crippen molar-refractivity contribution in [2.24, 2.45) is 47.3 Å². The lowest BCUT2D eigenvalue weighted by Crippen LogP contribution is -2.68. The van der Waals surface area contributed by atoms with Crippen molar-refractivity contribution in [3.8, 4) is 0 Å². The first-order valence-electron chi connectivity index (χ1n) is 26.7. The Morgan fingerprint density at radius 2 is 0.446 bits per heavy atom. The van der Waals surface area contributed by atoms with E-state index in [1.165, 1.54) is 205 Å². The minimum atomic E-state index is 0.865. The van der Waals surface area contributed by atoms with Crippen LogP contribution in [0.25, 0.3) is 0 Å². The minimum absolute atomic E-state index is 0.865. The van der Waals surface area contributed by atoms with Crippen LogP contribution in [0.3, 0.4) is 0 Å². The Kier molecular flexibility index (Phi) is 14.8. The van der Waals surface area contributed by atoms with Gasteiger partial charge in [0.25, 0.3) is 0 Å². The van der Waals surface area contributed by atoms with E-state index in [4.69, 9.17) is 0 Å². The van der Waals surface area contributed by atoms with E-state index in [-0.39, 0.29) is 0 Å². The molecule has 316 valence electrons. The largest absolute Gasteiger partial charge is 0.294 e. The molecule has 0 saturated heterocycles. The van der Waals surface area contributed by atoms with Crippen LogP contribution in [0, 0.1) is 47.3 Å². The normalized spacial score (nSPS) is 40.7. The predicted octanol–water partition coefficient (Wildman–Crippen LogP) is 15.0. The maximum Gasteiger partial charge on any atom is 0.0164 e.